The van der Waals surface area contributed by atoms with E-state index in [0.717, 1.165) is 29.7 Å². The van der Waals surface area contributed by atoms with E-state index in [4.69, 9.17) is 9.47 Å². The van der Waals surface area contributed by atoms with Crippen molar-refractivity contribution in [3.8, 4) is 5.75 Å². The lowest BCUT2D eigenvalue weighted by atomic mass is 9.98. The number of benzene rings is 1. The van der Waals surface area contributed by atoms with Gasteiger partial charge in [0.1, 0.15) is 11.5 Å². The van der Waals surface area contributed by atoms with Gasteiger partial charge in [0.15, 0.2) is 0 Å². The number of Topliss-reactive ketones (excluding diaryl/α,β-unsaturated/α-hetero) is 1. The monoisotopic (exact) mass is 485 g/mol. The largest absolute Gasteiger partial charge is 0.507 e. The maximum absolute atomic E-state index is 13.1. The normalized spacial score (nSPS) is 17.7. The average molecular weight is 486 g/mol. The Morgan fingerprint density at radius 1 is 1.09 bits per heavy atom. The first kappa shape index (κ1) is 26.0. The highest BCUT2D eigenvalue weighted by Crippen LogP contribution is 2.42. The Morgan fingerprint density at radius 2 is 1.82 bits per heavy atom. The van der Waals surface area contributed by atoms with Crippen LogP contribution in [0, 0.1) is 6.92 Å². The fraction of sp³-hybridized carbons (Fsp3) is 0.481. The molecule has 1 unspecified atom stereocenters. The molecule has 3 rings (SSSR count). The van der Waals surface area contributed by atoms with E-state index in [2.05, 4.69) is 6.92 Å². The summed E-state index contributed by atoms with van der Waals surface area (Å²) >= 11 is 1.49. The first-order valence-electron chi connectivity index (χ1n) is 12.0. The molecule has 34 heavy (non-hydrogen) atoms. The third-order valence-electron chi connectivity index (χ3n) is 5.83. The average Bonchev–Trinajstić information content (AvgIpc) is 3.34. The summed E-state index contributed by atoms with van der Waals surface area (Å²) in [7, 11) is 0. The Hall–Kier alpha value is -2.64. The zero-order valence-electron chi connectivity index (χ0n) is 20.5. The summed E-state index contributed by atoms with van der Waals surface area (Å²) in [6.07, 6.45) is 3.94. The molecule has 2 heterocycles. The van der Waals surface area contributed by atoms with E-state index >= 15 is 0 Å². The standard InChI is InChI=1S/C27H35NO5S/c1-5-6-7-15-33-21-11-9-20(10-12-21)24(29)22-23(26-19(4)13-17-34-26)28(27(31)25(22)30)14-8-16-32-18(2)3/h9-13,17-18,23,29H,5-8,14-16H2,1-4H3/b24-22-. The SMILES string of the molecule is CCCCCOc1ccc(/C(O)=C2/C(=O)C(=O)N(CCCOC(C)C)C2c2sccc2C)cc1. The molecular weight excluding hydrogens is 450 g/mol. The van der Waals surface area contributed by atoms with E-state index in [1.165, 1.54) is 11.3 Å². The van der Waals surface area contributed by atoms with E-state index in [1.54, 1.807) is 29.2 Å². The van der Waals surface area contributed by atoms with Crippen molar-refractivity contribution in [2.24, 2.45) is 0 Å². The number of carbonyl (C=O) groups excluding carboxylic acids is 2. The maximum Gasteiger partial charge on any atom is 0.295 e. The number of unbranched alkanes of at least 4 members (excludes halogenated alkanes) is 2. The van der Waals surface area contributed by atoms with Crippen LogP contribution < -0.4 is 4.74 Å². The van der Waals surface area contributed by atoms with Crippen molar-refractivity contribution in [2.45, 2.75) is 65.5 Å². The summed E-state index contributed by atoms with van der Waals surface area (Å²) in [5.74, 6) is -0.682. The molecule has 1 amide bonds. The van der Waals surface area contributed by atoms with Crippen LogP contribution >= 0.6 is 11.3 Å². The highest BCUT2D eigenvalue weighted by molar-refractivity contribution is 7.10. The predicted molar refractivity (Wildman–Crippen MR) is 135 cm³/mol. The molecule has 0 spiro atoms. The number of hydrogen-bond acceptors (Lipinski definition) is 6. The van der Waals surface area contributed by atoms with Gasteiger partial charge in [-0.3, -0.25) is 9.59 Å². The number of hydrogen-bond donors (Lipinski definition) is 1. The fourth-order valence-corrected chi connectivity index (χ4v) is 5.06. The maximum atomic E-state index is 13.1. The molecule has 184 valence electrons. The Bertz CT molecular complexity index is 1010. The van der Waals surface area contributed by atoms with E-state index in [9.17, 15) is 14.7 Å². The molecule has 1 aliphatic rings. The van der Waals surface area contributed by atoms with Crippen molar-refractivity contribution in [3.63, 3.8) is 0 Å². The second-order valence-corrected chi connectivity index (χ2v) is 9.76. The summed E-state index contributed by atoms with van der Waals surface area (Å²) in [6.45, 7) is 9.54. The smallest absolute Gasteiger partial charge is 0.295 e. The lowest BCUT2D eigenvalue weighted by molar-refractivity contribution is -0.140. The Labute approximate surface area is 206 Å². The summed E-state index contributed by atoms with van der Waals surface area (Å²) in [5, 5.41) is 13.1. The van der Waals surface area contributed by atoms with Crippen molar-refractivity contribution < 1.29 is 24.2 Å². The van der Waals surface area contributed by atoms with Crippen LogP contribution in [-0.2, 0) is 14.3 Å². The summed E-state index contributed by atoms with van der Waals surface area (Å²) < 4.78 is 11.4. The highest BCUT2D eigenvalue weighted by Gasteiger charge is 2.46. The van der Waals surface area contributed by atoms with Gasteiger partial charge in [-0.05, 0) is 74.9 Å². The van der Waals surface area contributed by atoms with Crippen LogP contribution in [0.2, 0.25) is 0 Å². The van der Waals surface area contributed by atoms with Gasteiger partial charge in [-0.25, -0.2) is 0 Å². The number of aryl methyl sites for hydroxylation is 1. The predicted octanol–water partition coefficient (Wildman–Crippen LogP) is 5.86. The van der Waals surface area contributed by atoms with Crippen molar-refractivity contribution >= 4 is 28.8 Å². The van der Waals surface area contributed by atoms with Crippen molar-refractivity contribution in [3.05, 3.63) is 57.3 Å². The molecule has 1 aromatic carbocycles. The van der Waals surface area contributed by atoms with Gasteiger partial charge >= 0.3 is 0 Å². The number of aliphatic hydroxyl groups is 1. The molecule has 1 atom stereocenters. The Morgan fingerprint density at radius 3 is 2.44 bits per heavy atom. The molecule has 1 saturated heterocycles. The van der Waals surface area contributed by atoms with Crippen molar-refractivity contribution in [2.75, 3.05) is 19.8 Å². The zero-order chi connectivity index (χ0) is 24.7. The summed E-state index contributed by atoms with van der Waals surface area (Å²) in [4.78, 5) is 28.6. The minimum atomic E-state index is -0.653. The number of rotatable bonds is 12. The van der Waals surface area contributed by atoms with Gasteiger partial charge in [0.25, 0.3) is 11.7 Å². The third kappa shape index (κ3) is 6.07. The summed E-state index contributed by atoms with van der Waals surface area (Å²) in [6, 6.07) is 8.38. The molecule has 1 aliphatic heterocycles. The molecule has 6 nitrogen and oxygen atoms in total. The molecule has 1 fully saturated rings. The molecule has 1 aromatic heterocycles. The first-order chi connectivity index (χ1) is 16.3. The minimum absolute atomic E-state index is 0.101. The van der Waals surface area contributed by atoms with Crippen LogP contribution in [-0.4, -0.2) is 47.6 Å². The van der Waals surface area contributed by atoms with Gasteiger partial charge in [-0.2, -0.15) is 0 Å². The minimum Gasteiger partial charge on any atom is -0.507 e. The first-order valence-corrected chi connectivity index (χ1v) is 12.9. The van der Waals surface area contributed by atoms with Gasteiger partial charge < -0.3 is 19.5 Å². The number of carbonyl (C=O) groups is 2. The van der Waals surface area contributed by atoms with Gasteiger partial charge in [0.2, 0.25) is 0 Å². The Kier molecular flexibility index (Phi) is 9.30. The molecule has 1 N–H and O–H groups in total. The third-order valence-corrected chi connectivity index (χ3v) is 6.90. The molecule has 7 heteroatoms. The van der Waals surface area contributed by atoms with Gasteiger partial charge in [0.05, 0.1) is 24.3 Å². The highest BCUT2D eigenvalue weighted by atomic mass is 32.1. The number of aliphatic hydroxyl groups excluding tert-OH is 1. The number of thiophene rings is 1. The molecular formula is C27H35NO5S. The fourth-order valence-electron chi connectivity index (χ4n) is 4.01. The van der Waals surface area contributed by atoms with Crippen LogP contribution in [0.15, 0.2) is 41.3 Å². The number of ether oxygens (including phenoxy) is 2. The van der Waals surface area contributed by atoms with E-state index in [0.29, 0.717) is 37.5 Å². The van der Waals surface area contributed by atoms with Crippen LogP contribution in [0.1, 0.15) is 68.5 Å². The summed E-state index contributed by atoms with van der Waals surface area (Å²) in [5.41, 5.74) is 1.61. The van der Waals surface area contributed by atoms with E-state index in [-0.39, 0.29) is 17.4 Å². The quantitative estimate of drug-likeness (QED) is 0.176. The van der Waals surface area contributed by atoms with Gasteiger partial charge in [-0.1, -0.05) is 19.8 Å². The van der Waals surface area contributed by atoms with Crippen LogP contribution in [0.3, 0.4) is 0 Å². The lowest BCUT2D eigenvalue weighted by Crippen LogP contribution is -2.31. The molecule has 0 bridgehead atoms. The topological polar surface area (TPSA) is 76.1 Å². The van der Waals surface area contributed by atoms with E-state index < -0.39 is 17.7 Å². The number of amides is 1. The van der Waals surface area contributed by atoms with Crippen LogP contribution in [0.25, 0.3) is 5.76 Å². The molecule has 0 radical (unpaired) electrons. The van der Waals surface area contributed by atoms with E-state index in [1.807, 2.05) is 32.2 Å². The number of ketones is 1. The molecule has 0 aliphatic carbocycles. The van der Waals surface area contributed by atoms with Crippen molar-refractivity contribution in [1.82, 2.24) is 4.90 Å². The number of nitrogens with zero attached hydrogens (tertiary/aromatic N) is 1. The second kappa shape index (κ2) is 12.2. The molecule has 2 aromatic rings. The zero-order valence-corrected chi connectivity index (χ0v) is 21.3. The lowest BCUT2D eigenvalue weighted by Gasteiger charge is -2.25. The van der Waals surface area contributed by atoms with Crippen LogP contribution in [0.5, 0.6) is 5.75 Å². The van der Waals surface area contributed by atoms with Crippen LogP contribution in [0.4, 0.5) is 0 Å². The molecule has 0 saturated carbocycles. The van der Waals surface area contributed by atoms with Gasteiger partial charge in [-0.15, -0.1) is 11.3 Å². The van der Waals surface area contributed by atoms with Gasteiger partial charge in [0, 0.05) is 23.6 Å². The second-order valence-electron chi connectivity index (χ2n) is 8.81. The Balaban J connectivity index is 1.88. The van der Waals surface area contributed by atoms with Crippen molar-refractivity contribution in [1.29, 1.82) is 0 Å². The number of likely N-dealkylation sites (tertiary alicyclic amines) is 1.